The minimum Gasteiger partial charge on any atom is -0.399 e. The number of sulfonamides is 1. The Bertz CT molecular complexity index is 1750. The summed E-state index contributed by atoms with van der Waals surface area (Å²) in [5, 5.41) is -1.59. The van der Waals surface area contributed by atoms with Crippen LogP contribution in [0.2, 0.25) is 0 Å². The molecule has 3 aromatic rings. The number of nitrogens with one attached hydrogen (secondary N) is 1. The van der Waals surface area contributed by atoms with Gasteiger partial charge in [-0.05, 0) is 42.0 Å². The first-order valence-corrected chi connectivity index (χ1v) is 14.7. The average molecular weight is 553 g/mol. The first-order chi connectivity index (χ1) is 15.4. The molecule has 6 N–H and O–H groups in total. The van der Waals surface area contributed by atoms with Crippen molar-refractivity contribution in [1.82, 2.24) is 0 Å². The summed E-state index contributed by atoms with van der Waals surface area (Å²) in [6, 6.07) is 8.08. The third-order valence-corrected chi connectivity index (χ3v) is 8.30. The molecule has 0 aromatic heterocycles. The molecule has 0 heterocycles. The third-order valence-electron chi connectivity index (χ3n) is 4.44. The molecule has 0 saturated heterocycles. The lowest BCUT2D eigenvalue weighted by Gasteiger charge is -2.16. The van der Waals surface area contributed by atoms with Crippen LogP contribution in [-0.2, 0) is 46.1 Å². The van der Waals surface area contributed by atoms with Gasteiger partial charge in [0.15, 0.2) is 0 Å². The molecular formula is C17H16N2O11S4. The van der Waals surface area contributed by atoms with Crippen LogP contribution in [0.15, 0.2) is 63.2 Å². The van der Waals surface area contributed by atoms with E-state index in [2.05, 4.69) is 0 Å². The molecule has 0 aliphatic carbocycles. The second kappa shape index (κ2) is 8.45. The van der Waals surface area contributed by atoms with Gasteiger partial charge in [0.1, 0.15) is 9.79 Å². The number of nitrogen functional groups attached to an aromatic ring is 1. The Kier molecular flexibility index (Phi) is 6.42. The van der Waals surface area contributed by atoms with E-state index >= 15 is 0 Å². The molecule has 184 valence electrons. The van der Waals surface area contributed by atoms with Gasteiger partial charge in [-0.3, -0.25) is 18.4 Å². The molecule has 34 heavy (non-hydrogen) atoms. The highest BCUT2D eigenvalue weighted by Crippen LogP contribution is 2.37. The number of hydrogen-bond acceptors (Lipinski definition) is 9. The summed E-state index contributed by atoms with van der Waals surface area (Å²) >= 11 is 0. The van der Waals surface area contributed by atoms with Crippen LogP contribution in [0.5, 0.6) is 0 Å². The van der Waals surface area contributed by atoms with Gasteiger partial charge < -0.3 is 5.73 Å². The normalized spacial score (nSPS) is 13.1. The monoisotopic (exact) mass is 552 g/mol. The number of rotatable bonds is 7. The highest BCUT2D eigenvalue weighted by Gasteiger charge is 2.27. The zero-order valence-corrected chi connectivity index (χ0v) is 19.9. The predicted molar refractivity (Wildman–Crippen MR) is 120 cm³/mol. The molecule has 0 spiro atoms. The lowest BCUT2D eigenvalue weighted by molar-refractivity contribution is 0.478. The van der Waals surface area contributed by atoms with Gasteiger partial charge in [-0.2, -0.15) is 25.3 Å². The van der Waals surface area contributed by atoms with Gasteiger partial charge in [0, 0.05) is 16.5 Å². The van der Waals surface area contributed by atoms with Crippen molar-refractivity contribution < 1.29 is 47.3 Å². The Morgan fingerprint density at radius 1 is 0.735 bits per heavy atom. The summed E-state index contributed by atoms with van der Waals surface area (Å²) in [7, 11) is -19.9. The summed E-state index contributed by atoms with van der Waals surface area (Å²) in [6.07, 6.45) is 0. The Hall–Kier alpha value is -2.80. The van der Waals surface area contributed by atoms with Crippen molar-refractivity contribution in [1.29, 1.82) is 0 Å². The summed E-state index contributed by atoms with van der Waals surface area (Å²) in [6.45, 7) is 0. The third kappa shape index (κ3) is 5.63. The van der Waals surface area contributed by atoms with Crippen LogP contribution in [0.25, 0.3) is 10.8 Å². The van der Waals surface area contributed by atoms with Gasteiger partial charge in [-0.1, -0.05) is 12.1 Å². The summed E-state index contributed by atoms with van der Waals surface area (Å²) in [5.41, 5.74) is 5.56. The lowest BCUT2D eigenvalue weighted by Crippen LogP contribution is -2.16. The number of hydrogen-bond donors (Lipinski definition) is 5. The molecule has 3 rings (SSSR count). The lowest BCUT2D eigenvalue weighted by atomic mass is 10.1. The van der Waals surface area contributed by atoms with Gasteiger partial charge in [-0.25, -0.2) is 8.42 Å². The van der Waals surface area contributed by atoms with Crippen molar-refractivity contribution in [2.24, 2.45) is 0 Å². The number of fused-ring (bicyclic) bond motifs is 1. The largest absolute Gasteiger partial charge is 0.399 e. The molecule has 0 saturated carbocycles. The van der Waals surface area contributed by atoms with Crippen LogP contribution < -0.4 is 10.5 Å². The van der Waals surface area contributed by atoms with Crippen molar-refractivity contribution in [3.63, 3.8) is 0 Å². The van der Waals surface area contributed by atoms with Crippen molar-refractivity contribution in [2.45, 2.75) is 20.4 Å². The molecule has 17 heteroatoms. The predicted octanol–water partition coefficient (Wildman–Crippen LogP) is 1.10. The maximum absolute atomic E-state index is 12.7. The van der Waals surface area contributed by atoms with Crippen LogP contribution in [0, 0.1) is 0 Å². The van der Waals surface area contributed by atoms with E-state index in [0.717, 1.165) is 6.07 Å². The van der Waals surface area contributed by atoms with E-state index in [0.29, 0.717) is 18.2 Å². The Balaban J connectivity index is 2.36. The highest BCUT2D eigenvalue weighted by atomic mass is 32.2. The highest BCUT2D eigenvalue weighted by molar-refractivity contribution is 7.92. The van der Waals surface area contributed by atoms with E-state index in [9.17, 15) is 47.3 Å². The van der Waals surface area contributed by atoms with Gasteiger partial charge in [0.25, 0.3) is 30.4 Å². The molecule has 0 aliphatic rings. The quantitative estimate of drug-likeness (QED) is 0.205. The molecule has 0 aliphatic heterocycles. The minimum atomic E-state index is -5.32. The van der Waals surface area contributed by atoms with Crippen LogP contribution in [-0.4, -0.2) is 47.3 Å². The SMILES string of the molecule is Nc1cccc(CS(=O)(=O)Nc2ccc(S(=O)(=O)O)c3cc(S(=O)(=O)O)cc(S(=O)(=O)O)c23)c1. The summed E-state index contributed by atoms with van der Waals surface area (Å²) in [5.74, 6) is -0.649. The fraction of sp³-hybridized carbons (Fsp3) is 0.0588. The second-order valence-corrected chi connectivity index (χ2v) is 12.9. The summed E-state index contributed by atoms with van der Waals surface area (Å²) < 4.78 is 127. The van der Waals surface area contributed by atoms with E-state index in [-0.39, 0.29) is 11.3 Å². The van der Waals surface area contributed by atoms with Crippen molar-refractivity contribution in [3.8, 4) is 0 Å². The standard InChI is InChI=1S/C17H16N2O11S4/c18-11-3-1-2-10(6-11)9-31(20,21)19-14-4-5-15(33(25,26)27)13-7-12(32(22,23)24)8-16(17(13)14)34(28,29)30/h1-8,19H,9,18H2,(H,22,23,24)(H,25,26,27)(H,28,29,30). The number of anilines is 2. The van der Waals surface area contributed by atoms with Crippen LogP contribution in [0.1, 0.15) is 5.56 Å². The van der Waals surface area contributed by atoms with Crippen LogP contribution >= 0.6 is 0 Å². The number of benzene rings is 3. The number of nitrogens with two attached hydrogens (primary N) is 1. The Labute approximate surface area is 194 Å². The Morgan fingerprint density at radius 3 is 1.88 bits per heavy atom. The zero-order valence-electron chi connectivity index (χ0n) is 16.6. The maximum atomic E-state index is 12.7. The van der Waals surface area contributed by atoms with Gasteiger partial charge >= 0.3 is 0 Å². The van der Waals surface area contributed by atoms with Crippen molar-refractivity contribution in [2.75, 3.05) is 10.5 Å². The van der Waals surface area contributed by atoms with Crippen LogP contribution in [0.4, 0.5) is 11.4 Å². The maximum Gasteiger partial charge on any atom is 0.295 e. The van der Waals surface area contributed by atoms with E-state index < -0.39 is 77.3 Å². The first kappa shape index (κ1) is 25.8. The molecule has 0 unspecified atom stereocenters. The van der Waals surface area contributed by atoms with Gasteiger partial charge in [0.05, 0.1) is 16.3 Å². The average Bonchev–Trinajstić information content (AvgIpc) is 2.64. The molecular weight excluding hydrogens is 536 g/mol. The molecule has 0 fully saturated rings. The Morgan fingerprint density at radius 2 is 1.35 bits per heavy atom. The fourth-order valence-electron chi connectivity index (χ4n) is 3.16. The van der Waals surface area contributed by atoms with Gasteiger partial charge in [0.2, 0.25) is 10.0 Å². The van der Waals surface area contributed by atoms with E-state index in [1.807, 2.05) is 4.72 Å². The van der Waals surface area contributed by atoms with Crippen molar-refractivity contribution in [3.05, 3.63) is 54.1 Å². The molecule has 0 radical (unpaired) electrons. The van der Waals surface area contributed by atoms with Gasteiger partial charge in [-0.15, -0.1) is 0 Å². The fourth-order valence-corrected chi connectivity index (χ4v) is 6.40. The van der Waals surface area contributed by atoms with E-state index in [4.69, 9.17) is 5.73 Å². The first-order valence-electron chi connectivity index (χ1n) is 8.77. The smallest absolute Gasteiger partial charge is 0.295 e. The van der Waals surface area contributed by atoms with Crippen molar-refractivity contribution >= 4 is 62.5 Å². The second-order valence-electron chi connectivity index (χ2n) is 6.99. The molecule has 0 atom stereocenters. The zero-order chi connectivity index (χ0) is 25.7. The molecule has 0 bridgehead atoms. The van der Waals surface area contributed by atoms with E-state index in [1.54, 1.807) is 0 Å². The molecule has 0 amide bonds. The van der Waals surface area contributed by atoms with Crippen LogP contribution in [0.3, 0.4) is 0 Å². The summed E-state index contributed by atoms with van der Waals surface area (Å²) in [4.78, 5) is -3.40. The minimum absolute atomic E-state index is 0.245. The molecule has 13 nitrogen and oxygen atoms in total. The molecule has 3 aromatic carbocycles. The topological polar surface area (TPSA) is 235 Å². The van der Waals surface area contributed by atoms with E-state index in [1.165, 1.54) is 24.3 Å².